The van der Waals surface area contributed by atoms with E-state index in [2.05, 4.69) is 86.8 Å². The number of H-pyrrole nitrogens is 1. The molecule has 8 heteroatoms. The van der Waals surface area contributed by atoms with Crippen LogP contribution in [0.1, 0.15) is 60.9 Å². The Kier molecular flexibility index (Phi) is 8.30. The minimum absolute atomic E-state index is 0.550. The van der Waals surface area contributed by atoms with E-state index < -0.39 is 0 Å². The van der Waals surface area contributed by atoms with Crippen LogP contribution in [0.15, 0.2) is 72.8 Å². The van der Waals surface area contributed by atoms with Gasteiger partial charge in [0.05, 0.1) is 6.54 Å². The fraction of sp³-hybridized carbons (Fsp3) is 0.300. The lowest BCUT2D eigenvalue weighted by molar-refractivity contribution is 0.622. The SMILES string of the molecule is CCCCCCc1nc(Cc2ccc(CN)cc2)n(Cc2ccc(-c3ccccc3-c3nnn[nH]3)cc2)n1. The van der Waals surface area contributed by atoms with Gasteiger partial charge in [-0.05, 0) is 44.7 Å². The highest BCUT2D eigenvalue weighted by Gasteiger charge is 2.13. The van der Waals surface area contributed by atoms with Crippen molar-refractivity contribution >= 4 is 0 Å². The fourth-order valence-corrected chi connectivity index (χ4v) is 4.65. The van der Waals surface area contributed by atoms with Crippen LogP contribution in [-0.4, -0.2) is 35.4 Å². The Bertz CT molecular complexity index is 1420. The van der Waals surface area contributed by atoms with Crippen molar-refractivity contribution in [1.82, 2.24) is 35.4 Å². The number of aromatic amines is 1. The van der Waals surface area contributed by atoms with Gasteiger partial charge < -0.3 is 5.73 Å². The van der Waals surface area contributed by atoms with Crippen LogP contribution in [0.25, 0.3) is 22.5 Å². The first kappa shape index (κ1) is 25.5. The number of nitrogens with one attached hydrogen (secondary N) is 1. The molecule has 194 valence electrons. The number of nitrogens with two attached hydrogens (primary N) is 1. The molecule has 0 bridgehead atoms. The number of nitrogens with zero attached hydrogens (tertiary/aromatic N) is 6. The van der Waals surface area contributed by atoms with Crippen LogP contribution in [0, 0.1) is 0 Å². The van der Waals surface area contributed by atoms with Gasteiger partial charge in [0.25, 0.3) is 0 Å². The number of aryl methyl sites for hydroxylation is 1. The molecule has 0 atom stereocenters. The van der Waals surface area contributed by atoms with Crippen LogP contribution in [0.2, 0.25) is 0 Å². The third kappa shape index (κ3) is 6.20. The minimum atomic E-state index is 0.550. The van der Waals surface area contributed by atoms with Crippen molar-refractivity contribution in [2.75, 3.05) is 0 Å². The fourth-order valence-electron chi connectivity index (χ4n) is 4.65. The Hall–Kier alpha value is -4.17. The van der Waals surface area contributed by atoms with Crippen molar-refractivity contribution in [2.45, 2.75) is 58.5 Å². The van der Waals surface area contributed by atoms with Crippen LogP contribution < -0.4 is 5.73 Å². The summed E-state index contributed by atoms with van der Waals surface area (Å²) in [6.45, 7) is 3.45. The van der Waals surface area contributed by atoms with E-state index in [1.54, 1.807) is 0 Å². The van der Waals surface area contributed by atoms with E-state index >= 15 is 0 Å². The Morgan fingerprint density at radius 3 is 2.26 bits per heavy atom. The van der Waals surface area contributed by atoms with Crippen LogP contribution in [-0.2, 0) is 25.9 Å². The average Bonchev–Trinajstić information content (AvgIpc) is 3.63. The second-order valence-electron chi connectivity index (χ2n) is 9.60. The van der Waals surface area contributed by atoms with Crippen LogP contribution >= 0.6 is 0 Å². The van der Waals surface area contributed by atoms with E-state index in [1.807, 2.05) is 18.2 Å². The number of hydrogen-bond donors (Lipinski definition) is 2. The van der Waals surface area contributed by atoms with E-state index in [4.69, 9.17) is 15.8 Å². The summed E-state index contributed by atoms with van der Waals surface area (Å²) in [5.41, 5.74) is 12.5. The van der Waals surface area contributed by atoms with Crippen LogP contribution in [0.3, 0.4) is 0 Å². The molecule has 0 radical (unpaired) electrons. The van der Waals surface area contributed by atoms with Crippen molar-refractivity contribution in [3.63, 3.8) is 0 Å². The maximum Gasteiger partial charge on any atom is 0.180 e. The number of aromatic nitrogens is 7. The lowest BCUT2D eigenvalue weighted by Crippen LogP contribution is -2.08. The molecule has 0 fully saturated rings. The van der Waals surface area contributed by atoms with Gasteiger partial charge in [-0.25, -0.2) is 14.8 Å². The average molecular weight is 507 g/mol. The largest absolute Gasteiger partial charge is 0.326 e. The zero-order valence-corrected chi connectivity index (χ0v) is 21.8. The topological polar surface area (TPSA) is 111 Å². The molecular weight excluding hydrogens is 472 g/mol. The molecule has 5 aromatic rings. The van der Waals surface area contributed by atoms with E-state index in [0.29, 0.717) is 18.9 Å². The molecule has 2 heterocycles. The van der Waals surface area contributed by atoms with Gasteiger partial charge in [-0.15, -0.1) is 5.10 Å². The van der Waals surface area contributed by atoms with E-state index in [0.717, 1.165) is 53.2 Å². The third-order valence-electron chi connectivity index (χ3n) is 6.79. The lowest BCUT2D eigenvalue weighted by atomic mass is 9.98. The maximum atomic E-state index is 5.78. The maximum absolute atomic E-state index is 5.78. The molecule has 8 nitrogen and oxygen atoms in total. The number of rotatable bonds is 12. The molecule has 5 rings (SSSR count). The predicted octanol–water partition coefficient (Wildman–Crippen LogP) is 5.35. The summed E-state index contributed by atoms with van der Waals surface area (Å²) in [5.74, 6) is 2.58. The highest BCUT2D eigenvalue weighted by molar-refractivity contribution is 5.80. The van der Waals surface area contributed by atoms with Gasteiger partial charge in [-0.1, -0.05) is 99.0 Å². The van der Waals surface area contributed by atoms with Crippen LogP contribution in [0.5, 0.6) is 0 Å². The normalized spacial score (nSPS) is 11.2. The summed E-state index contributed by atoms with van der Waals surface area (Å²) in [6, 6.07) is 25.2. The second-order valence-corrected chi connectivity index (χ2v) is 9.60. The summed E-state index contributed by atoms with van der Waals surface area (Å²) in [7, 11) is 0. The summed E-state index contributed by atoms with van der Waals surface area (Å²) < 4.78 is 2.06. The number of benzene rings is 3. The third-order valence-corrected chi connectivity index (χ3v) is 6.79. The van der Waals surface area contributed by atoms with Gasteiger partial charge in [0.15, 0.2) is 11.6 Å². The summed E-state index contributed by atoms with van der Waals surface area (Å²) in [4.78, 5) is 4.95. The lowest BCUT2D eigenvalue weighted by Gasteiger charge is -2.10. The number of hydrogen-bond acceptors (Lipinski definition) is 6. The van der Waals surface area contributed by atoms with Gasteiger partial charge >= 0.3 is 0 Å². The Morgan fingerprint density at radius 2 is 1.55 bits per heavy atom. The summed E-state index contributed by atoms with van der Waals surface area (Å²) in [6.07, 6.45) is 6.47. The van der Waals surface area contributed by atoms with E-state index in [1.165, 1.54) is 30.4 Å². The highest BCUT2D eigenvalue weighted by atomic mass is 15.5. The monoisotopic (exact) mass is 506 g/mol. The first-order valence-corrected chi connectivity index (χ1v) is 13.4. The van der Waals surface area contributed by atoms with E-state index in [-0.39, 0.29) is 0 Å². The predicted molar refractivity (Wildman–Crippen MR) is 149 cm³/mol. The smallest absolute Gasteiger partial charge is 0.180 e. The Morgan fingerprint density at radius 1 is 0.816 bits per heavy atom. The molecule has 0 saturated heterocycles. The molecular formula is C30H34N8. The van der Waals surface area contributed by atoms with Crippen molar-refractivity contribution in [2.24, 2.45) is 5.73 Å². The van der Waals surface area contributed by atoms with Crippen molar-refractivity contribution < 1.29 is 0 Å². The first-order valence-electron chi connectivity index (χ1n) is 13.4. The molecule has 0 spiro atoms. The molecule has 0 amide bonds. The van der Waals surface area contributed by atoms with Crippen molar-refractivity contribution in [3.05, 3.63) is 101 Å². The molecule has 0 aliphatic rings. The molecule has 38 heavy (non-hydrogen) atoms. The quantitative estimate of drug-likeness (QED) is 0.221. The highest BCUT2D eigenvalue weighted by Crippen LogP contribution is 2.29. The molecule has 3 N–H and O–H groups in total. The molecule has 0 saturated carbocycles. The minimum Gasteiger partial charge on any atom is -0.326 e. The zero-order valence-electron chi connectivity index (χ0n) is 21.8. The van der Waals surface area contributed by atoms with Gasteiger partial charge in [-0.2, -0.15) is 5.10 Å². The standard InChI is InChI=1S/C30H34N8/c1-2-3-4-5-10-28-32-29(19-22-11-13-23(20-31)14-12-22)38(35-28)21-24-15-17-25(18-16-24)26-8-6-7-9-27(26)30-33-36-37-34-30/h6-9,11-18H,2-5,10,19-21,31H2,1H3,(H,33,34,36,37). The molecule has 2 aromatic heterocycles. The van der Waals surface area contributed by atoms with Gasteiger partial charge in [-0.3, -0.25) is 0 Å². The Balaban J connectivity index is 1.36. The second kappa shape index (κ2) is 12.4. The molecule has 0 aliphatic heterocycles. The summed E-state index contributed by atoms with van der Waals surface area (Å²) >= 11 is 0. The molecule has 0 unspecified atom stereocenters. The zero-order chi connectivity index (χ0) is 26.2. The van der Waals surface area contributed by atoms with E-state index in [9.17, 15) is 0 Å². The Labute approximate surface area is 223 Å². The number of tetrazole rings is 1. The summed E-state index contributed by atoms with van der Waals surface area (Å²) in [5, 5.41) is 19.3. The van der Waals surface area contributed by atoms with Crippen LogP contribution in [0.4, 0.5) is 0 Å². The van der Waals surface area contributed by atoms with Gasteiger partial charge in [0.1, 0.15) is 5.82 Å². The molecule has 0 aliphatic carbocycles. The first-order chi connectivity index (χ1) is 18.7. The van der Waals surface area contributed by atoms with Gasteiger partial charge in [0, 0.05) is 24.9 Å². The molecule has 3 aromatic carbocycles. The van der Waals surface area contributed by atoms with Crippen molar-refractivity contribution in [1.29, 1.82) is 0 Å². The number of unbranched alkanes of at least 4 members (excludes halogenated alkanes) is 3. The van der Waals surface area contributed by atoms with Gasteiger partial charge in [0.2, 0.25) is 0 Å². The van der Waals surface area contributed by atoms with Crippen molar-refractivity contribution in [3.8, 4) is 22.5 Å².